The van der Waals surface area contributed by atoms with Crippen molar-refractivity contribution in [2.24, 2.45) is 7.05 Å². The monoisotopic (exact) mass is 298 g/mol. The number of nitrogens with one attached hydrogen (secondary N) is 1. The quantitative estimate of drug-likeness (QED) is 0.805. The van der Waals surface area contributed by atoms with E-state index in [0.717, 1.165) is 0 Å². The molecular weight excluding hydrogens is 284 g/mol. The lowest BCUT2D eigenvalue weighted by Gasteiger charge is -2.09. The molecule has 0 bridgehead atoms. The summed E-state index contributed by atoms with van der Waals surface area (Å²) >= 11 is 0. The molecular formula is C16H14N2O4. The molecule has 0 fully saturated rings. The number of methoxy groups -OCH3 is 1. The van der Waals surface area contributed by atoms with Crippen LogP contribution in [-0.4, -0.2) is 17.6 Å². The van der Waals surface area contributed by atoms with Crippen molar-refractivity contribution < 1.29 is 13.9 Å². The van der Waals surface area contributed by atoms with Gasteiger partial charge in [0.05, 0.1) is 18.2 Å². The number of anilines is 1. The van der Waals surface area contributed by atoms with Crippen LogP contribution in [0.1, 0.15) is 10.4 Å². The molecule has 6 heteroatoms. The van der Waals surface area contributed by atoms with Gasteiger partial charge in [-0.2, -0.15) is 0 Å². The maximum Gasteiger partial charge on any atom is 0.419 e. The predicted octanol–water partition coefficient (Wildman–Crippen LogP) is 2.39. The van der Waals surface area contributed by atoms with Crippen LogP contribution >= 0.6 is 0 Å². The number of carbonyl (C=O) groups excluding carboxylic acids is 1. The Kier molecular flexibility index (Phi) is 3.42. The second-order valence-corrected chi connectivity index (χ2v) is 4.76. The highest BCUT2D eigenvalue weighted by Gasteiger charge is 2.13. The number of ether oxygens (including phenoxy) is 1. The number of amides is 1. The standard InChI is InChI=1S/C16H14N2O4/c1-18-12-8-7-10(9-14(12)22-16(18)20)17-15(19)11-5-3-4-6-13(11)21-2/h3-9H,1-2H3,(H,17,19). The first-order chi connectivity index (χ1) is 10.6. The van der Waals surface area contributed by atoms with Gasteiger partial charge in [0, 0.05) is 18.8 Å². The summed E-state index contributed by atoms with van der Waals surface area (Å²) in [5, 5.41) is 2.76. The number of carbonyl (C=O) groups is 1. The van der Waals surface area contributed by atoms with Gasteiger partial charge in [0.15, 0.2) is 5.58 Å². The Hall–Kier alpha value is -3.02. The first-order valence-corrected chi connectivity index (χ1v) is 6.64. The van der Waals surface area contributed by atoms with Gasteiger partial charge in [-0.15, -0.1) is 0 Å². The van der Waals surface area contributed by atoms with E-state index < -0.39 is 5.76 Å². The zero-order valence-electron chi connectivity index (χ0n) is 12.1. The van der Waals surface area contributed by atoms with E-state index in [4.69, 9.17) is 9.15 Å². The Bertz CT molecular complexity index is 908. The first kappa shape index (κ1) is 13.9. The van der Waals surface area contributed by atoms with Crippen LogP contribution in [0.25, 0.3) is 11.1 Å². The second-order valence-electron chi connectivity index (χ2n) is 4.76. The number of nitrogens with zero attached hydrogens (tertiary/aromatic N) is 1. The lowest BCUT2D eigenvalue weighted by atomic mass is 10.2. The summed E-state index contributed by atoms with van der Waals surface area (Å²) in [5.74, 6) is -0.245. The van der Waals surface area contributed by atoms with Crippen LogP contribution in [0, 0.1) is 0 Å². The number of para-hydroxylation sites is 1. The lowest BCUT2D eigenvalue weighted by molar-refractivity contribution is 0.102. The van der Waals surface area contributed by atoms with Crippen LogP contribution < -0.4 is 15.8 Å². The third-order valence-corrected chi connectivity index (χ3v) is 3.40. The van der Waals surface area contributed by atoms with Crippen molar-refractivity contribution in [2.45, 2.75) is 0 Å². The van der Waals surface area contributed by atoms with Gasteiger partial charge in [-0.3, -0.25) is 9.36 Å². The van der Waals surface area contributed by atoms with Crippen molar-refractivity contribution in [3.05, 3.63) is 58.6 Å². The van der Waals surface area contributed by atoms with Gasteiger partial charge in [0.1, 0.15) is 5.75 Å². The minimum atomic E-state index is -0.441. The Balaban J connectivity index is 1.92. The average Bonchev–Trinajstić information content (AvgIpc) is 2.81. The molecule has 0 aliphatic rings. The fourth-order valence-electron chi connectivity index (χ4n) is 2.24. The van der Waals surface area contributed by atoms with Crippen LogP contribution in [0.5, 0.6) is 5.75 Å². The molecule has 0 radical (unpaired) electrons. The van der Waals surface area contributed by atoms with Gasteiger partial charge in [-0.1, -0.05) is 12.1 Å². The molecule has 0 saturated carbocycles. The largest absolute Gasteiger partial charge is 0.496 e. The van der Waals surface area contributed by atoms with Gasteiger partial charge in [-0.25, -0.2) is 4.79 Å². The van der Waals surface area contributed by atoms with E-state index in [0.29, 0.717) is 28.1 Å². The van der Waals surface area contributed by atoms with Crippen molar-refractivity contribution in [1.29, 1.82) is 0 Å². The van der Waals surface area contributed by atoms with Gasteiger partial charge in [-0.05, 0) is 24.3 Å². The highest BCUT2D eigenvalue weighted by Crippen LogP contribution is 2.21. The molecule has 112 valence electrons. The van der Waals surface area contributed by atoms with E-state index in [-0.39, 0.29) is 5.91 Å². The smallest absolute Gasteiger partial charge is 0.419 e. The van der Waals surface area contributed by atoms with Gasteiger partial charge >= 0.3 is 5.76 Å². The highest BCUT2D eigenvalue weighted by atomic mass is 16.5. The fourth-order valence-corrected chi connectivity index (χ4v) is 2.24. The Morgan fingerprint density at radius 2 is 2.00 bits per heavy atom. The third-order valence-electron chi connectivity index (χ3n) is 3.40. The summed E-state index contributed by atoms with van der Waals surface area (Å²) in [4.78, 5) is 23.8. The number of benzene rings is 2. The first-order valence-electron chi connectivity index (χ1n) is 6.64. The summed E-state index contributed by atoms with van der Waals surface area (Å²) < 4.78 is 11.7. The fraction of sp³-hybridized carbons (Fsp3) is 0.125. The molecule has 6 nitrogen and oxygen atoms in total. The zero-order valence-corrected chi connectivity index (χ0v) is 12.1. The molecule has 0 aliphatic carbocycles. The molecule has 0 spiro atoms. The zero-order chi connectivity index (χ0) is 15.7. The molecule has 1 heterocycles. The number of hydrogen-bond donors (Lipinski definition) is 1. The molecule has 22 heavy (non-hydrogen) atoms. The number of hydrogen-bond acceptors (Lipinski definition) is 4. The van der Waals surface area contributed by atoms with Gasteiger partial charge in [0.2, 0.25) is 0 Å². The summed E-state index contributed by atoms with van der Waals surface area (Å²) in [6.45, 7) is 0. The van der Waals surface area contributed by atoms with E-state index >= 15 is 0 Å². The molecule has 1 N–H and O–H groups in total. The van der Waals surface area contributed by atoms with Crippen LogP contribution in [0.3, 0.4) is 0 Å². The van der Waals surface area contributed by atoms with Crippen LogP contribution in [0.4, 0.5) is 5.69 Å². The minimum absolute atomic E-state index is 0.296. The molecule has 3 aromatic rings. The summed E-state index contributed by atoms with van der Waals surface area (Å²) in [6, 6.07) is 12.0. The van der Waals surface area contributed by atoms with E-state index in [1.54, 1.807) is 49.5 Å². The topological polar surface area (TPSA) is 73.5 Å². The summed E-state index contributed by atoms with van der Waals surface area (Å²) in [5.41, 5.74) is 2.06. The average molecular weight is 298 g/mol. The number of oxazole rings is 1. The van der Waals surface area contributed by atoms with Crippen molar-refractivity contribution >= 4 is 22.7 Å². The van der Waals surface area contributed by atoms with E-state index in [9.17, 15) is 9.59 Å². The normalized spacial score (nSPS) is 10.6. The Labute approximate surface area is 125 Å². The summed E-state index contributed by atoms with van der Waals surface area (Å²) in [6.07, 6.45) is 0. The Morgan fingerprint density at radius 1 is 1.23 bits per heavy atom. The van der Waals surface area contributed by atoms with Crippen molar-refractivity contribution in [1.82, 2.24) is 4.57 Å². The number of aryl methyl sites for hydroxylation is 1. The van der Waals surface area contributed by atoms with E-state index in [2.05, 4.69) is 5.32 Å². The predicted molar refractivity (Wildman–Crippen MR) is 82.4 cm³/mol. The molecule has 1 aromatic heterocycles. The van der Waals surface area contributed by atoms with E-state index in [1.165, 1.54) is 11.7 Å². The second kappa shape index (κ2) is 5.40. The Morgan fingerprint density at radius 3 is 2.77 bits per heavy atom. The lowest BCUT2D eigenvalue weighted by Crippen LogP contribution is -2.13. The van der Waals surface area contributed by atoms with Crippen LogP contribution in [-0.2, 0) is 7.05 Å². The number of fused-ring (bicyclic) bond motifs is 1. The molecule has 3 rings (SSSR count). The van der Waals surface area contributed by atoms with E-state index in [1.807, 2.05) is 0 Å². The van der Waals surface area contributed by atoms with Crippen LogP contribution in [0.2, 0.25) is 0 Å². The molecule has 1 amide bonds. The summed E-state index contributed by atoms with van der Waals surface area (Å²) in [7, 11) is 3.14. The number of rotatable bonds is 3. The van der Waals surface area contributed by atoms with Gasteiger partial charge in [0.25, 0.3) is 5.91 Å². The molecule has 2 aromatic carbocycles. The minimum Gasteiger partial charge on any atom is -0.496 e. The van der Waals surface area contributed by atoms with Crippen molar-refractivity contribution in [2.75, 3.05) is 12.4 Å². The van der Waals surface area contributed by atoms with Crippen molar-refractivity contribution in [3.8, 4) is 5.75 Å². The molecule has 0 saturated heterocycles. The number of aromatic nitrogens is 1. The maximum absolute atomic E-state index is 12.3. The molecule has 0 atom stereocenters. The molecule has 0 unspecified atom stereocenters. The van der Waals surface area contributed by atoms with Crippen molar-refractivity contribution in [3.63, 3.8) is 0 Å². The molecule has 0 aliphatic heterocycles. The SMILES string of the molecule is COc1ccccc1C(=O)Nc1ccc2c(c1)oc(=O)n2C. The van der Waals surface area contributed by atoms with Gasteiger partial charge < -0.3 is 14.5 Å². The van der Waals surface area contributed by atoms with Crippen LogP contribution in [0.15, 0.2) is 51.7 Å². The third kappa shape index (κ3) is 2.35. The maximum atomic E-state index is 12.3. The highest BCUT2D eigenvalue weighted by molar-refractivity contribution is 6.06.